The van der Waals surface area contributed by atoms with Crippen LogP contribution < -0.4 is 5.73 Å². The first-order chi connectivity index (χ1) is 7.68. The maximum atomic E-state index is 12.1. The van der Waals surface area contributed by atoms with Gasteiger partial charge in [-0.3, -0.25) is 4.79 Å². The van der Waals surface area contributed by atoms with Gasteiger partial charge in [-0.15, -0.1) is 0 Å². The molecule has 1 aliphatic heterocycles. The molecule has 0 atom stereocenters. The summed E-state index contributed by atoms with van der Waals surface area (Å²) in [6.45, 7) is 2.28. The molecule has 0 bridgehead atoms. The lowest BCUT2D eigenvalue weighted by Crippen LogP contribution is -2.40. The molecule has 2 N–H and O–H groups in total. The molecular formula is C10H12ClN3O2. The molecule has 16 heavy (non-hydrogen) atoms. The minimum Gasteiger partial charge on any atom is -0.397 e. The van der Waals surface area contributed by atoms with Gasteiger partial charge in [-0.1, -0.05) is 11.6 Å². The third-order valence-electron chi connectivity index (χ3n) is 2.43. The van der Waals surface area contributed by atoms with Crippen molar-refractivity contribution in [2.45, 2.75) is 0 Å². The molecule has 0 aliphatic carbocycles. The first-order valence-electron chi connectivity index (χ1n) is 4.96. The first kappa shape index (κ1) is 11.2. The smallest absolute Gasteiger partial charge is 0.256 e. The fraction of sp³-hybridized carbons (Fsp3) is 0.400. The zero-order chi connectivity index (χ0) is 11.5. The average molecular weight is 242 g/mol. The maximum Gasteiger partial charge on any atom is 0.256 e. The summed E-state index contributed by atoms with van der Waals surface area (Å²) in [4.78, 5) is 17.6. The number of pyridine rings is 1. The van der Waals surface area contributed by atoms with Crippen molar-refractivity contribution in [3.63, 3.8) is 0 Å². The molecule has 1 saturated heterocycles. The Bertz CT molecular complexity index is 405. The van der Waals surface area contributed by atoms with Gasteiger partial charge in [0.25, 0.3) is 5.91 Å². The minimum absolute atomic E-state index is 0.120. The molecule has 1 amide bonds. The van der Waals surface area contributed by atoms with Gasteiger partial charge in [-0.05, 0) is 6.07 Å². The first-order valence-corrected chi connectivity index (χ1v) is 5.34. The summed E-state index contributed by atoms with van der Waals surface area (Å²) in [5.41, 5.74) is 6.45. The van der Waals surface area contributed by atoms with Crippen molar-refractivity contribution < 1.29 is 9.53 Å². The standard InChI is InChI=1S/C10H12ClN3O2/c11-9-5-7(8(12)6-13-9)10(15)14-1-3-16-4-2-14/h5-6H,1-4,12H2. The fourth-order valence-corrected chi connectivity index (χ4v) is 1.72. The fourth-order valence-electron chi connectivity index (χ4n) is 1.56. The van der Waals surface area contributed by atoms with Crippen LogP contribution in [0.4, 0.5) is 5.69 Å². The van der Waals surface area contributed by atoms with Crippen LogP contribution in [0.3, 0.4) is 0 Å². The van der Waals surface area contributed by atoms with E-state index < -0.39 is 0 Å². The summed E-state index contributed by atoms with van der Waals surface area (Å²) in [5.74, 6) is -0.120. The number of nitrogens with two attached hydrogens (primary N) is 1. The number of morpholine rings is 1. The zero-order valence-electron chi connectivity index (χ0n) is 8.65. The van der Waals surface area contributed by atoms with E-state index >= 15 is 0 Å². The van der Waals surface area contributed by atoms with Gasteiger partial charge in [-0.2, -0.15) is 0 Å². The van der Waals surface area contributed by atoms with Gasteiger partial charge in [-0.25, -0.2) is 4.98 Å². The number of nitrogens with zero attached hydrogens (tertiary/aromatic N) is 2. The molecule has 2 heterocycles. The molecule has 5 nitrogen and oxygen atoms in total. The molecule has 0 saturated carbocycles. The van der Waals surface area contributed by atoms with Crippen molar-refractivity contribution in [3.05, 3.63) is 23.0 Å². The van der Waals surface area contributed by atoms with Crippen LogP contribution in [0.2, 0.25) is 5.15 Å². The van der Waals surface area contributed by atoms with Crippen LogP contribution in [0, 0.1) is 0 Å². The Hall–Kier alpha value is -1.33. The second kappa shape index (κ2) is 4.67. The molecule has 1 aliphatic rings. The molecule has 0 aromatic carbocycles. The Morgan fingerprint density at radius 2 is 2.19 bits per heavy atom. The highest BCUT2D eigenvalue weighted by Gasteiger charge is 2.20. The van der Waals surface area contributed by atoms with E-state index in [0.29, 0.717) is 37.6 Å². The number of hydrogen-bond acceptors (Lipinski definition) is 4. The van der Waals surface area contributed by atoms with E-state index in [0.717, 1.165) is 0 Å². The van der Waals surface area contributed by atoms with E-state index in [1.54, 1.807) is 4.90 Å². The van der Waals surface area contributed by atoms with Crippen LogP contribution in [-0.2, 0) is 4.74 Å². The van der Waals surface area contributed by atoms with Crippen molar-refractivity contribution in [1.82, 2.24) is 9.88 Å². The third-order valence-corrected chi connectivity index (χ3v) is 2.64. The van der Waals surface area contributed by atoms with Crippen LogP contribution in [-0.4, -0.2) is 42.1 Å². The van der Waals surface area contributed by atoms with E-state index in [2.05, 4.69) is 4.98 Å². The van der Waals surface area contributed by atoms with E-state index in [9.17, 15) is 4.79 Å². The number of anilines is 1. The molecule has 1 aromatic rings. The van der Waals surface area contributed by atoms with Crippen molar-refractivity contribution in [2.75, 3.05) is 32.0 Å². The van der Waals surface area contributed by atoms with Crippen LogP contribution in [0.15, 0.2) is 12.3 Å². The highest BCUT2D eigenvalue weighted by Crippen LogP contribution is 2.17. The van der Waals surface area contributed by atoms with Crippen molar-refractivity contribution in [2.24, 2.45) is 0 Å². The lowest BCUT2D eigenvalue weighted by molar-refractivity contribution is 0.0303. The van der Waals surface area contributed by atoms with Crippen LogP contribution in [0.1, 0.15) is 10.4 Å². The molecule has 2 rings (SSSR count). The highest BCUT2D eigenvalue weighted by atomic mass is 35.5. The van der Waals surface area contributed by atoms with Gasteiger partial charge >= 0.3 is 0 Å². The molecule has 86 valence electrons. The maximum absolute atomic E-state index is 12.1. The van der Waals surface area contributed by atoms with Gasteiger partial charge in [0.15, 0.2) is 0 Å². The number of hydrogen-bond donors (Lipinski definition) is 1. The molecule has 6 heteroatoms. The SMILES string of the molecule is Nc1cnc(Cl)cc1C(=O)N1CCOCC1. The van der Waals surface area contributed by atoms with E-state index in [1.165, 1.54) is 12.3 Å². The number of carbonyl (C=O) groups is 1. The highest BCUT2D eigenvalue weighted by molar-refractivity contribution is 6.29. The normalized spacial score (nSPS) is 16.2. The van der Waals surface area contributed by atoms with E-state index in [1.807, 2.05) is 0 Å². The third kappa shape index (κ3) is 2.25. The minimum atomic E-state index is -0.120. The molecule has 0 radical (unpaired) electrons. The van der Waals surface area contributed by atoms with E-state index in [4.69, 9.17) is 22.1 Å². The van der Waals surface area contributed by atoms with Crippen molar-refractivity contribution in [3.8, 4) is 0 Å². The summed E-state index contributed by atoms with van der Waals surface area (Å²) < 4.78 is 5.18. The summed E-state index contributed by atoms with van der Waals surface area (Å²) in [6.07, 6.45) is 1.40. The Kier molecular flexibility index (Phi) is 3.26. The topological polar surface area (TPSA) is 68.5 Å². The largest absolute Gasteiger partial charge is 0.397 e. The number of halogens is 1. The van der Waals surface area contributed by atoms with Gasteiger partial charge in [0.1, 0.15) is 5.15 Å². The summed E-state index contributed by atoms with van der Waals surface area (Å²) >= 11 is 5.74. The van der Waals surface area contributed by atoms with Gasteiger partial charge in [0.05, 0.1) is 30.7 Å². The molecule has 0 unspecified atom stereocenters. The second-order valence-corrected chi connectivity index (χ2v) is 3.89. The summed E-state index contributed by atoms with van der Waals surface area (Å²) in [5, 5.41) is 0.269. The Balaban J connectivity index is 2.22. The van der Waals surface area contributed by atoms with E-state index in [-0.39, 0.29) is 11.1 Å². The monoisotopic (exact) mass is 241 g/mol. The molecular weight excluding hydrogens is 230 g/mol. The number of ether oxygens (including phenoxy) is 1. The summed E-state index contributed by atoms with van der Waals surface area (Å²) in [7, 11) is 0. The average Bonchev–Trinajstić information content (AvgIpc) is 2.32. The van der Waals surface area contributed by atoms with Gasteiger partial charge < -0.3 is 15.4 Å². The Morgan fingerprint density at radius 1 is 1.50 bits per heavy atom. The quantitative estimate of drug-likeness (QED) is 0.738. The molecule has 1 aromatic heterocycles. The van der Waals surface area contributed by atoms with Gasteiger partial charge in [0.2, 0.25) is 0 Å². The van der Waals surface area contributed by atoms with Crippen LogP contribution in [0.25, 0.3) is 0 Å². The Morgan fingerprint density at radius 3 is 2.88 bits per heavy atom. The number of carbonyl (C=O) groups excluding carboxylic acids is 1. The van der Waals surface area contributed by atoms with Crippen molar-refractivity contribution in [1.29, 1.82) is 0 Å². The molecule has 1 fully saturated rings. The second-order valence-electron chi connectivity index (χ2n) is 3.50. The molecule has 0 spiro atoms. The lowest BCUT2D eigenvalue weighted by atomic mass is 10.2. The zero-order valence-corrected chi connectivity index (χ0v) is 9.41. The Labute approximate surface area is 98.1 Å². The summed E-state index contributed by atoms with van der Waals surface area (Å²) in [6, 6.07) is 1.49. The predicted molar refractivity (Wildman–Crippen MR) is 60.4 cm³/mol. The van der Waals surface area contributed by atoms with Crippen LogP contribution >= 0.6 is 11.6 Å². The van der Waals surface area contributed by atoms with Crippen LogP contribution in [0.5, 0.6) is 0 Å². The number of rotatable bonds is 1. The van der Waals surface area contributed by atoms with Crippen molar-refractivity contribution >= 4 is 23.2 Å². The number of aromatic nitrogens is 1. The number of amides is 1. The lowest BCUT2D eigenvalue weighted by Gasteiger charge is -2.27. The van der Waals surface area contributed by atoms with Gasteiger partial charge in [0, 0.05) is 13.1 Å². The number of nitrogen functional groups attached to an aromatic ring is 1. The predicted octanol–water partition coefficient (Wildman–Crippen LogP) is 0.790.